The first-order chi connectivity index (χ1) is 14.3. The van der Waals surface area contributed by atoms with Gasteiger partial charge in [0.1, 0.15) is 0 Å². The monoisotopic (exact) mass is 422 g/mol. The minimum absolute atomic E-state index is 0.128. The fraction of sp³-hybridized carbons (Fsp3) is 0.929. The standard InChI is InChI=1S/C28H54O2/c1-6-9-12-13-14-15-16-17-18-19-20-21-26(4)27(5,22-10-7-2)24-25-28(29,30)23-11-8-3/h26,29-30H,6-23H2,1-5H3. The predicted molar refractivity (Wildman–Crippen MR) is 132 cm³/mol. The lowest BCUT2D eigenvalue weighted by Gasteiger charge is -2.31. The van der Waals surface area contributed by atoms with E-state index in [4.69, 9.17) is 0 Å². The third-order valence-electron chi connectivity index (χ3n) is 6.81. The molecule has 178 valence electrons. The van der Waals surface area contributed by atoms with Gasteiger partial charge in [-0.15, -0.1) is 0 Å². The number of rotatable bonds is 19. The summed E-state index contributed by atoms with van der Waals surface area (Å²) < 4.78 is 0. The molecule has 0 aliphatic heterocycles. The van der Waals surface area contributed by atoms with Gasteiger partial charge in [-0.25, -0.2) is 0 Å². The van der Waals surface area contributed by atoms with Crippen molar-refractivity contribution in [3.8, 4) is 11.8 Å². The predicted octanol–water partition coefficient (Wildman–Crippen LogP) is 8.39. The Hall–Kier alpha value is -0.520. The van der Waals surface area contributed by atoms with Crippen LogP contribution in [0.4, 0.5) is 0 Å². The van der Waals surface area contributed by atoms with Crippen LogP contribution in [0.3, 0.4) is 0 Å². The van der Waals surface area contributed by atoms with Crippen molar-refractivity contribution in [1.29, 1.82) is 0 Å². The SMILES string of the molecule is CCCCCCCCCCCCCC(C)C(C)(C#CC(O)(O)CCCC)CCCC. The summed E-state index contributed by atoms with van der Waals surface area (Å²) in [7, 11) is 0. The van der Waals surface area contributed by atoms with Gasteiger partial charge in [0.25, 0.3) is 0 Å². The molecule has 0 aromatic carbocycles. The van der Waals surface area contributed by atoms with Gasteiger partial charge in [0.2, 0.25) is 5.79 Å². The van der Waals surface area contributed by atoms with Gasteiger partial charge < -0.3 is 10.2 Å². The van der Waals surface area contributed by atoms with Crippen LogP contribution in [0.15, 0.2) is 0 Å². The van der Waals surface area contributed by atoms with Gasteiger partial charge in [-0.2, -0.15) is 0 Å². The molecule has 30 heavy (non-hydrogen) atoms. The highest BCUT2D eigenvalue weighted by Gasteiger charge is 2.29. The first-order valence-electron chi connectivity index (χ1n) is 13.3. The Bertz CT molecular complexity index is 445. The molecule has 0 spiro atoms. The van der Waals surface area contributed by atoms with Crippen molar-refractivity contribution in [3.63, 3.8) is 0 Å². The molecule has 0 bridgehead atoms. The molecular weight excluding hydrogens is 368 g/mol. The Morgan fingerprint density at radius 1 is 0.600 bits per heavy atom. The van der Waals surface area contributed by atoms with Crippen molar-refractivity contribution < 1.29 is 10.2 Å². The summed E-state index contributed by atoms with van der Waals surface area (Å²) in [5.74, 6) is 4.80. The van der Waals surface area contributed by atoms with Crippen LogP contribution in [0.1, 0.15) is 150 Å². The fourth-order valence-electron chi connectivity index (χ4n) is 4.14. The van der Waals surface area contributed by atoms with E-state index in [1.54, 1.807) is 0 Å². The summed E-state index contributed by atoms with van der Waals surface area (Å²) in [5.41, 5.74) is -0.128. The molecule has 0 aliphatic rings. The third-order valence-corrected chi connectivity index (χ3v) is 6.81. The number of aliphatic hydroxyl groups is 2. The minimum Gasteiger partial charge on any atom is -0.356 e. The van der Waals surface area contributed by atoms with Crippen molar-refractivity contribution >= 4 is 0 Å². The molecule has 0 saturated heterocycles. The molecule has 0 heterocycles. The quantitative estimate of drug-likeness (QED) is 0.125. The molecule has 0 fully saturated rings. The van der Waals surface area contributed by atoms with E-state index in [1.807, 2.05) is 0 Å². The van der Waals surface area contributed by atoms with E-state index in [2.05, 4.69) is 46.5 Å². The van der Waals surface area contributed by atoms with Crippen LogP contribution in [-0.2, 0) is 0 Å². The van der Waals surface area contributed by atoms with Gasteiger partial charge in [0, 0.05) is 11.8 Å². The second-order valence-electron chi connectivity index (χ2n) is 9.92. The molecule has 2 unspecified atom stereocenters. The van der Waals surface area contributed by atoms with Gasteiger partial charge in [-0.1, -0.05) is 124 Å². The summed E-state index contributed by atoms with van der Waals surface area (Å²) in [6.45, 7) is 11.1. The van der Waals surface area contributed by atoms with E-state index in [0.717, 1.165) is 32.1 Å². The molecule has 2 nitrogen and oxygen atoms in total. The van der Waals surface area contributed by atoms with Crippen molar-refractivity contribution in [2.75, 3.05) is 0 Å². The zero-order chi connectivity index (χ0) is 22.7. The highest BCUT2D eigenvalue weighted by atomic mass is 16.5. The van der Waals surface area contributed by atoms with Gasteiger partial charge in [-0.3, -0.25) is 0 Å². The first-order valence-corrected chi connectivity index (χ1v) is 13.3. The first kappa shape index (κ1) is 29.5. The van der Waals surface area contributed by atoms with Crippen LogP contribution in [0.2, 0.25) is 0 Å². The van der Waals surface area contributed by atoms with Crippen molar-refractivity contribution in [1.82, 2.24) is 0 Å². The molecule has 0 rings (SSSR count). The van der Waals surface area contributed by atoms with Gasteiger partial charge in [0.05, 0.1) is 0 Å². The highest BCUT2D eigenvalue weighted by molar-refractivity contribution is 5.17. The summed E-state index contributed by atoms with van der Waals surface area (Å²) in [4.78, 5) is 0. The average Bonchev–Trinajstić information content (AvgIpc) is 2.73. The van der Waals surface area contributed by atoms with E-state index < -0.39 is 5.79 Å². The fourth-order valence-corrected chi connectivity index (χ4v) is 4.14. The minimum atomic E-state index is -1.83. The van der Waals surface area contributed by atoms with E-state index in [0.29, 0.717) is 12.3 Å². The molecule has 0 aliphatic carbocycles. The molecule has 0 amide bonds. The molecule has 2 heteroatoms. The van der Waals surface area contributed by atoms with E-state index >= 15 is 0 Å². The molecule has 0 aromatic heterocycles. The lowest BCUT2D eigenvalue weighted by Crippen LogP contribution is -2.29. The average molecular weight is 423 g/mol. The molecular formula is C28H54O2. The van der Waals surface area contributed by atoms with Crippen LogP contribution >= 0.6 is 0 Å². The Morgan fingerprint density at radius 2 is 1.03 bits per heavy atom. The molecule has 0 aromatic rings. The Kier molecular flexibility index (Phi) is 17.8. The topological polar surface area (TPSA) is 40.5 Å². The van der Waals surface area contributed by atoms with E-state index in [-0.39, 0.29) is 5.41 Å². The molecule has 0 radical (unpaired) electrons. The Labute approximate surface area is 189 Å². The van der Waals surface area contributed by atoms with Crippen molar-refractivity contribution in [3.05, 3.63) is 0 Å². The highest BCUT2D eigenvalue weighted by Crippen LogP contribution is 2.36. The summed E-state index contributed by atoms with van der Waals surface area (Å²) in [5, 5.41) is 20.4. The van der Waals surface area contributed by atoms with Crippen LogP contribution < -0.4 is 0 Å². The van der Waals surface area contributed by atoms with Crippen LogP contribution in [-0.4, -0.2) is 16.0 Å². The lowest BCUT2D eigenvalue weighted by molar-refractivity contribution is -0.115. The second-order valence-corrected chi connectivity index (χ2v) is 9.92. The normalized spacial score (nSPS) is 14.8. The molecule has 2 N–H and O–H groups in total. The van der Waals surface area contributed by atoms with Gasteiger partial charge >= 0.3 is 0 Å². The van der Waals surface area contributed by atoms with Crippen molar-refractivity contribution in [2.24, 2.45) is 11.3 Å². The maximum Gasteiger partial charge on any atom is 0.228 e. The Morgan fingerprint density at radius 3 is 1.53 bits per heavy atom. The second kappa shape index (κ2) is 18.1. The zero-order valence-electron chi connectivity index (χ0n) is 21.2. The smallest absolute Gasteiger partial charge is 0.228 e. The maximum absolute atomic E-state index is 10.2. The summed E-state index contributed by atoms with van der Waals surface area (Å²) >= 11 is 0. The Balaban J connectivity index is 4.31. The van der Waals surface area contributed by atoms with E-state index in [9.17, 15) is 10.2 Å². The number of hydrogen-bond donors (Lipinski definition) is 2. The van der Waals surface area contributed by atoms with Crippen molar-refractivity contribution in [2.45, 2.75) is 156 Å². The summed E-state index contributed by atoms with van der Waals surface area (Å²) in [6.07, 6.45) is 21.7. The zero-order valence-corrected chi connectivity index (χ0v) is 21.2. The van der Waals surface area contributed by atoms with Crippen LogP contribution in [0.5, 0.6) is 0 Å². The number of hydrogen-bond acceptors (Lipinski definition) is 2. The largest absolute Gasteiger partial charge is 0.356 e. The molecule has 2 atom stereocenters. The summed E-state index contributed by atoms with van der Waals surface area (Å²) in [6, 6.07) is 0. The number of unbranched alkanes of at least 4 members (excludes halogenated alkanes) is 12. The molecule has 0 saturated carbocycles. The van der Waals surface area contributed by atoms with Crippen LogP contribution in [0.25, 0.3) is 0 Å². The third kappa shape index (κ3) is 15.3. The van der Waals surface area contributed by atoms with Crippen LogP contribution in [0, 0.1) is 23.2 Å². The van der Waals surface area contributed by atoms with Gasteiger partial charge in [-0.05, 0) is 38.0 Å². The van der Waals surface area contributed by atoms with E-state index in [1.165, 1.54) is 77.0 Å². The lowest BCUT2D eigenvalue weighted by atomic mass is 9.72. The van der Waals surface area contributed by atoms with Gasteiger partial charge in [0.15, 0.2) is 0 Å². The maximum atomic E-state index is 10.2.